The van der Waals surface area contributed by atoms with E-state index in [2.05, 4.69) is 24.9 Å². The van der Waals surface area contributed by atoms with Crippen LogP contribution in [0.2, 0.25) is 0 Å². The third kappa shape index (κ3) is 6.61. The zero-order chi connectivity index (χ0) is 30.1. The minimum Gasteiger partial charge on any atom is -0.490 e. The van der Waals surface area contributed by atoms with Crippen molar-refractivity contribution in [3.8, 4) is 17.1 Å². The number of aromatic nitrogens is 6. The Morgan fingerprint density at radius 1 is 1.02 bits per heavy atom. The van der Waals surface area contributed by atoms with Gasteiger partial charge in [0, 0.05) is 37.2 Å². The first kappa shape index (κ1) is 29.6. The van der Waals surface area contributed by atoms with Crippen molar-refractivity contribution in [3.05, 3.63) is 109 Å². The Morgan fingerprint density at radius 2 is 1.84 bits per heavy atom. The molecule has 3 N–H and O–H groups in total. The van der Waals surface area contributed by atoms with Crippen LogP contribution in [0.3, 0.4) is 0 Å². The number of aliphatic carboxylic acids is 1. The van der Waals surface area contributed by atoms with Gasteiger partial charge in [-0.2, -0.15) is 0 Å². The largest absolute Gasteiger partial charge is 0.490 e. The van der Waals surface area contributed by atoms with Crippen LogP contribution in [-0.4, -0.2) is 67.3 Å². The Labute approximate surface area is 248 Å². The fourth-order valence-electron chi connectivity index (χ4n) is 4.99. The molecule has 1 aliphatic rings. The van der Waals surface area contributed by atoms with Gasteiger partial charge in [-0.15, -0.1) is 0 Å². The van der Waals surface area contributed by atoms with Gasteiger partial charge in [0.25, 0.3) is 0 Å². The Hall–Kier alpha value is -4.91. The first-order valence-corrected chi connectivity index (χ1v) is 13.6. The lowest BCUT2D eigenvalue weighted by molar-refractivity contribution is -0.139. The van der Waals surface area contributed by atoms with E-state index in [0.717, 1.165) is 5.56 Å². The average Bonchev–Trinajstić information content (AvgIpc) is 3.05. The summed E-state index contributed by atoms with van der Waals surface area (Å²) in [5.41, 5.74) is 7.88. The number of rotatable bonds is 13. The van der Waals surface area contributed by atoms with E-state index >= 15 is 0 Å². The van der Waals surface area contributed by atoms with Crippen LogP contribution >= 0.6 is 0 Å². The number of carboxylic acids is 1. The smallest absolute Gasteiger partial charge is 0.320 e. The van der Waals surface area contributed by atoms with Gasteiger partial charge in [-0.05, 0) is 36.8 Å². The molecule has 3 unspecified atom stereocenters. The molecule has 0 spiro atoms. The molecular weight excluding hydrogens is 550 g/mol. The Morgan fingerprint density at radius 3 is 2.58 bits per heavy atom. The molecule has 0 saturated carbocycles. The van der Waals surface area contributed by atoms with E-state index < -0.39 is 23.5 Å². The molecule has 3 heterocycles. The van der Waals surface area contributed by atoms with Crippen LogP contribution in [0.15, 0.2) is 91.9 Å². The molecule has 3 aromatic heterocycles. The average molecular weight is 582 g/mol. The first-order chi connectivity index (χ1) is 21.0. The van der Waals surface area contributed by atoms with E-state index in [1.54, 1.807) is 43.9 Å². The predicted molar refractivity (Wildman–Crippen MR) is 156 cm³/mol. The Bertz CT molecular complexity index is 1590. The number of allylic oxidation sites excluding steroid dienone is 2. The fraction of sp³-hybridized carbons (Fsp3) is 0.258. The van der Waals surface area contributed by atoms with E-state index in [9.17, 15) is 9.90 Å². The van der Waals surface area contributed by atoms with Crippen LogP contribution in [-0.2, 0) is 26.5 Å². The van der Waals surface area contributed by atoms with Crippen LogP contribution in [0.4, 0.5) is 0 Å². The Balaban J connectivity index is 1.55. The van der Waals surface area contributed by atoms with Crippen molar-refractivity contribution in [2.45, 2.75) is 24.7 Å². The molecule has 0 bridgehead atoms. The van der Waals surface area contributed by atoms with Gasteiger partial charge in [-0.3, -0.25) is 4.79 Å². The lowest BCUT2D eigenvalue weighted by Crippen LogP contribution is -2.45. The number of methoxy groups -OCH3 is 1. The van der Waals surface area contributed by atoms with Crippen molar-refractivity contribution in [2.24, 2.45) is 11.7 Å². The van der Waals surface area contributed by atoms with E-state index in [1.807, 2.05) is 42.5 Å². The van der Waals surface area contributed by atoms with Gasteiger partial charge in [0.05, 0.1) is 35.9 Å². The van der Waals surface area contributed by atoms with Crippen LogP contribution in [0.25, 0.3) is 17.0 Å². The zero-order valence-corrected chi connectivity index (χ0v) is 23.5. The monoisotopic (exact) mass is 581 g/mol. The minimum absolute atomic E-state index is 0.0291. The van der Waals surface area contributed by atoms with Crippen LogP contribution in [0, 0.1) is 5.92 Å². The lowest BCUT2D eigenvalue weighted by atomic mass is 9.71. The summed E-state index contributed by atoms with van der Waals surface area (Å²) in [5, 5.41) is 9.69. The fourth-order valence-corrected chi connectivity index (χ4v) is 4.99. The van der Waals surface area contributed by atoms with Crippen molar-refractivity contribution >= 4 is 11.5 Å². The SMILES string of the molecule is COCCOc1ccccc1-c1nccc(COC2(c3ccncn3)C(c3ccncn3)=CC=CC2CC(N)C(=O)O)n1. The summed E-state index contributed by atoms with van der Waals surface area (Å²) in [7, 11) is 1.61. The summed E-state index contributed by atoms with van der Waals surface area (Å²) < 4.78 is 17.9. The highest BCUT2D eigenvalue weighted by atomic mass is 16.5. The van der Waals surface area contributed by atoms with Gasteiger partial charge >= 0.3 is 5.97 Å². The molecule has 0 aliphatic heterocycles. The number of para-hydroxylation sites is 1. The molecule has 0 saturated heterocycles. The van der Waals surface area contributed by atoms with E-state index in [4.69, 9.17) is 24.9 Å². The van der Waals surface area contributed by atoms with E-state index in [-0.39, 0.29) is 13.0 Å². The highest BCUT2D eigenvalue weighted by Gasteiger charge is 2.48. The summed E-state index contributed by atoms with van der Waals surface area (Å²) in [6, 6.07) is 11.6. The number of benzene rings is 1. The summed E-state index contributed by atoms with van der Waals surface area (Å²) in [6.45, 7) is 0.849. The van der Waals surface area contributed by atoms with Crippen molar-refractivity contribution < 1.29 is 24.1 Å². The van der Waals surface area contributed by atoms with Gasteiger partial charge in [0.2, 0.25) is 0 Å². The van der Waals surface area contributed by atoms with Crippen molar-refractivity contribution in [1.82, 2.24) is 29.9 Å². The molecule has 4 aromatic rings. The molecule has 0 radical (unpaired) electrons. The third-order valence-corrected chi connectivity index (χ3v) is 7.01. The molecule has 0 fully saturated rings. The van der Waals surface area contributed by atoms with Gasteiger partial charge in [-0.25, -0.2) is 29.9 Å². The molecule has 220 valence electrons. The maximum absolute atomic E-state index is 11.8. The number of nitrogens with zero attached hydrogens (tertiary/aromatic N) is 6. The van der Waals surface area contributed by atoms with Crippen LogP contribution in [0.5, 0.6) is 5.75 Å². The molecule has 3 atom stereocenters. The van der Waals surface area contributed by atoms with Gasteiger partial charge in [-0.1, -0.05) is 30.4 Å². The maximum Gasteiger partial charge on any atom is 0.320 e. The number of carboxylic acid groups (broad SMARTS) is 1. The second-order valence-electron chi connectivity index (χ2n) is 9.67. The molecule has 12 nitrogen and oxygen atoms in total. The molecule has 1 aliphatic carbocycles. The highest BCUT2D eigenvalue weighted by Crippen LogP contribution is 2.49. The lowest BCUT2D eigenvalue weighted by Gasteiger charge is -2.42. The number of nitrogens with two attached hydrogens (primary N) is 1. The molecule has 0 amide bonds. The number of ether oxygens (including phenoxy) is 3. The van der Waals surface area contributed by atoms with Crippen molar-refractivity contribution in [3.63, 3.8) is 0 Å². The van der Waals surface area contributed by atoms with Gasteiger partial charge < -0.3 is 25.1 Å². The highest BCUT2D eigenvalue weighted by molar-refractivity contribution is 5.76. The summed E-state index contributed by atoms with van der Waals surface area (Å²) in [5.74, 6) is -0.552. The molecule has 1 aromatic carbocycles. The topological polar surface area (TPSA) is 168 Å². The second kappa shape index (κ2) is 13.8. The number of carbonyl (C=O) groups is 1. The summed E-state index contributed by atoms with van der Waals surface area (Å²) in [6.07, 6.45) is 13.5. The number of hydrogen-bond acceptors (Lipinski definition) is 11. The number of hydrogen-bond donors (Lipinski definition) is 2. The molecule has 12 heteroatoms. The quantitative estimate of drug-likeness (QED) is 0.221. The van der Waals surface area contributed by atoms with Crippen LogP contribution in [0.1, 0.15) is 23.5 Å². The van der Waals surface area contributed by atoms with E-state index in [1.165, 1.54) is 12.7 Å². The standard InChI is InChI=1S/C31H31N7O5/c1-41-15-16-42-27-8-3-2-6-23(27)29-35-14-9-22(38-29)18-43-31(28-11-13-34-20-37-28)21(17-25(32)30(39)40)5-4-7-24(31)26-10-12-33-19-36-26/h2-14,19-21,25H,15-18,32H2,1H3,(H,39,40). The second-order valence-corrected chi connectivity index (χ2v) is 9.67. The molecule has 5 rings (SSSR count). The molecule has 43 heavy (non-hydrogen) atoms. The first-order valence-electron chi connectivity index (χ1n) is 13.6. The van der Waals surface area contributed by atoms with Crippen molar-refractivity contribution in [2.75, 3.05) is 20.3 Å². The molecular formula is C31H31N7O5. The normalized spacial score (nSPS) is 18.6. The zero-order valence-electron chi connectivity index (χ0n) is 23.5. The predicted octanol–water partition coefficient (Wildman–Crippen LogP) is 3.23. The van der Waals surface area contributed by atoms with Crippen LogP contribution < -0.4 is 10.5 Å². The van der Waals surface area contributed by atoms with Crippen molar-refractivity contribution in [1.29, 1.82) is 0 Å². The van der Waals surface area contributed by atoms with Gasteiger partial charge in [0.1, 0.15) is 36.7 Å². The summed E-state index contributed by atoms with van der Waals surface area (Å²) in [4.78, 5) is 38.3. The minimum atomic E-state index is -1.29. The van der Waals surface area contributed by atoms with E-state index in [0.29, 0.717) is 47.4 Å². The Kier molecular flexibility index (Phi) is 9.52. The maximum atomic E-state index is 11.8. The third-order valence-electron chi connectivity index (χ3n) is 7.01. The van der Waals surface area contributed by atoms with Gasteiger partial charge in [0.15, 0.2) is 5.82 Å². The summed E-state index contributed by atoms with van der Waals surface area (Å²) >= 11 is 0.